The summed E-state index contributed by atoms with van der Waals surface area (Å²) in [5.41, 5.74) is 3.06. The van der Waals surface area contributed by atoms with Crippen LogP contribution in [0.3, 0.4) is 0 Å². The lowest BCUT2D eigenvalue weighted by atomic mass is 10.0. The summed E-state index contributed by atoms with van der Waals surface area (Å²) in [4.78, 5) is 10.9. The van der Waals surface area contributed by atoms with Crippen LogP contribution >= 0.6 is 0 Å². The fraction of sp³-hybridized carbons (Fsp3) is 0.0556. The highest BCUT2D eigenvalue weighted by Gasteiger charge is 2.02. The summed E-state index contributed by atoms with van der Waals surface area (Å²) in [5, 5.41) is 8.94. The standard InChI is InChI=1S/C18H15FO2/c1-2-16(18(20)21)12-15-5-3-13(4-6-15)11-14-7-9-17(19)10-8-14/h2-10,12H,1,11H2,(H,20,21). The third-order valence-corrected chi connectivity index (χ3v) is 3.09. The summed E-state index contributed by atoms with van der Waals surface area (Å²) in [6.07, 6.45) is 3.59. The summed E-state index contributed by atoms with van der Waals surface area (Å²) < 4.78 is 12.8. The number of halogens is 1. The number of carbonyl (C=O) groups is 1. The van der Waals surface area contributed by atoms with Gasteiger partial charge in [-0.05, 0) is 41.3 Å². The van der Waals surface area contributed by atoms with Gasteiger partial charge in [-0.2, -0.15) is 0 Å². The van der Waals surface area contributed by atoms with E-state index < -0.39 is 5.97 Å². The molecule has 0 saturated heterocycles. The molecule has 106 valence electrons. The Morgan fingerprint density at radius 1 is 1.05 bits per heavy atom. The van der Waals surface area contributed by atoms with Crippen molar-refractivity contribution in [2.75, 3.05) is 0 Å². The van der Waals surface area contributed by atoms with Crippen molar-refractivity contribution in [3.05, 3.63) is 89.3 Å². The monoisotopic (exact) mass is 282 g/mol. The lowest BCUT2D eigenvalue weighted by Crippen LogP contribution is -1.96. The maximum atomic E-state index is 12.8. The van der Waals surface area contributed by atoms with Crippen LogP contribution in [-0.2, 0) is 11.2 Å². The van der Waals surface area contributed by atoms with Crippen LogP contribution in [0, 0.1) is 5.82 Å². The summed E-state index contributed by atoms with van der Waals surface area (Å²) >= 11 is 0. The molecule has 0 radical (unpaired) electrons. The molecule has 2 nitrogen and oxygen atoms in total. The molecule has 0 amide bonds. The first kappa shape index (κ1) is 14.7. The van der Waals surface area contributed by atoms with Gasteiger partial charge in [-0.25, -0.2) is 9.18 Å². The molecule has 0 heterocycles. The Labute approximate surface area is 122 Å². The molecule has 0 unspecified atom stereocenters. The first-order chi connectivity index (χ1) is 10.1. The van der Waals surface area contributed by atoms with Crippen molar-refractivity contribution in [2.24, 2.45) is 0 Å². The Balaban J connectivity index is 2.13. The van der Waals surface area contributed by atoms with Crippen molar-refractivity contribution in [3.63, 3.8) is 0 Å². The lowest BCUT2D eigenvalue weighted by molar-refractivity contribution is -0.132. The number of hydrogen-bond donors (Lipinski definition) is 1. The Morgan fingerprint density at radius 2 is 1.57 bits per heavy atom. The van der Waals surface area contributed by atoms with E-state index >= 15 is 0 Å². The predicted molar refractivity (Wildman–Crippen MR) is 81.5 cm³/mol. The second-order valence-corrected chi connectivity index (χ2v) is 4.65. The highest BCUT2D eigenvalue weighted by molar-refractivity contribution is 5.95. The quantitative estimate of drug-likeness (QED) is 0.663. The van der Waals surface area contributed by atoms with Crippen LogP contribution in [0.25, 0.3) is 6.08 Å². The summed E-state index contributed by atoms with van der Waals surface area (Å²) in [5.74, 6) is -1.25. The molecule has 21 heavy (non-hydrogen) atoms. The zero-order chi connectivity index (χ0) is 15.2. The van der Waals surface area contributed by atoms with Gasteiger partial charge in [-0.3, -0.25) is 0 Å². The van der Waals surface area contributed by atoms with Crippen molar-refractivity contribution in [2.45, 2.75) is 6.42 Å². The third kappa shape index (κ3) is 4.14. The van der Waals surface area contributed by atoms with E-state index in [0.717, 1.165) is 16.7 Å². The minimum absolute atomic E-state index is 0.154. The fourth-order valence-corrected chi connectivity index (χ4v) is 1.96. The second-order valence-electron chi connectivity index (χ2n) is 4.65. The summed E-state index contributed by atoms with van der Waals surface area (Å²) in [6, 6.07) is 13.9. The molecule has 0 aromatic heterocycles. The zero-order valence-corrected chi connectivity index (χ0v) is 11.4. The Morgan fingerprint density at radius 3 is 2.05 bits per heavy atom. The van der Waals surface area contributed by atoms with Crippen LogP contribution < -0.4 is 0 Å². The molecule has 0 fully saturated rings. The van der Waals surface area contributed by atoms with E-state index in [1.807, 2.05) is 24.3 Å². The van der Waals surface area contributed by atoms with E-state index in [-0.39, 0.29) is 11.4 Å². The average Bonchev–Trinajstić information content (AvgIpc) is 2.48. The van der Waals surface area contributed by atoms with E-state index in [9.17, 15) is 9.18 Å². The largest absolute Gasteiger partial charge is 0.478 e. The molecule has 0 aliphatic rings. The normalized spacial score (nSPS) is 11.2. The number of aliphatic carboxylic acids is 1. The number of benzene rings is 2. The summed E-state index contributed by atoms with van der Waals surface area (Å²) in [6.45, 7) is 3.48. The molecule has 2 rings (SSSR count). The molecular weight excluding hydrogens is 267 g/mol. The molecule has 0 saturated carbocycles. The van der Waals surface area contributed by atoms with Crippen LogP contribution in [0.4, 0.5) is 4.39 Å². The number of rotatable bonds is 5. The topological polar surface area (TPSA) is 37.3 Å². The highest BCUT2D eigenvalue weighted by atomic mass is 19.1. The minimum atomic E-state index is -1.000. The molecule has 0 spiro atoms. The van der Waals surface area contributed by atoms with Crippen molar-refractivity contribution in [3.8, 4) is 0 Å². The number of carboxylic acid groups (broad SMARTS) is 1. The molecular formula is C18H15FO2. The smallest absolute Gasteiger partial charge is 0.335 e. The van der Waals surface area contributed by atoms with Crippen molar-refractivity contribution in [1.29, 1.82) is 0 Å². The molecule has 1 N–H and O–H groups in total. The van der Waals surface area contributed by atoms with Gasteiger partial charge in [0.15, 0.2) is 0 Å². The van der Waals surface area contributed by atoms with E-state index in [4.69, 9.17) is 5.11 Å². The maximum Gasteiger partial charge on any atom is 0.335 e. The number of hydrogen-bond acceptors (Lipinski definition) is 1. The van der Waals surface area contributed by atoms with Crippen LogP contribution in [0.2, 0.25) is 0 Å². The van der Waals surface area contributed by atoms with Gasteiger partial charge in [-0.1, -0.05) is 49.1 Å². The SMILES string of the molecule is C=CC(=Cc1ccc(Cc2ccc(F)cc2)cc1)C(=O)O. The molecule has 0 aliphatic carbocycles. The first-order valence-electron chi connectivity index (χ1n) is 6.49. The van der Waals surface area contributed by atoms with Crippen molar-refractivity contribution >= 4 is 12.0 Å². The van der Waals surface area contributed by atoms with Gasteiger partial charge in [0.25, 0.3) is 0 Å². The van der Waals surface area contributed by atoms with E-state index in [2.05, 4.69) is 6.58 Å². The van der Waals surface area contributed by atoms with Crippen LogP contribution in [0.1, 0.15) is 16.7 Å². The van der Waals surface area contributed by atoms with Crippen LogP contribution in [0.15, 0.2) is 66.8 Å². The van der Waals surface area contributed by atoms with E-state index in [0.29, 0.717) is 6.42 Å². The Hall–Kier alpha value is -2.68. The number of carboxylic acids is 1. The molecule has 0 atom stereocenters. The van der Waals surface area contributed by atoms with Gasteiger partial charge in [0, 0.05) is 0 Å². The Kier molecular flexibility index (Phi) is 4.67. The van der Waals surface area contributed by atoms with Gasteiger partial charge < -0.3 is 5.11 Å². The minimum Gasteiger partial charge on any atom is -0.478 e. The van der Waals surface area contributed by atoms with Crippen LogP contribution in [0.5, 0.6) is 0 Å². The maximum absolute atomic E-state index is 12.8. The Bertz CT molecular complexity index is 667. The summed E-state index contributed by atoms with van der Waals surface area (Å²) in [7, 11) is 0. The van der Waals surface area contributed by atoms with Gasteiger partial charge in [0.2, 0.25) is 0 Å². The van der Waals surface area contributed by atoms with E-state index in [1.54, 1.807) is 18.2 Å². The molecule has 2 aromatic carbocycles. The highest BCUT2D eigenvalue weighted by Crippen LogP contribution is 2.14. The van der Waals surface area contributed by atoms with Gasteiger partial charge in [0.1, 0.15) is 5.82 Å². The fourth-order valence-electron chi connectivity index (χ4n) is 1.96. The second kappa shape index (κ2) is 6.66. The van der Waals surface area contributed by atoms with Crippen molar-refractivity contribution in [1.82, 2.24) is 0 Å². The molecule has 2 aromatic rings. The molecule has 0 aliphatic heterocycles. The van der Waals surface area contributed by atoms with E-state index in [1.165, 1.54) is 18.2 Å². The predicted octanol–water partition coefficient (Wildman–Crippen LogP) is 4.07. The van der Waals surface area contributed by atoms with Gasteiger partial charge >= 0.3 is 5.97 Å². The van der Waals surface area contributed by atoms with Crippen LogP contribution in [-0.4, -0.2) is 11.1 Å². The average molecular weight is 282 g/mol. The van der Waals surface area contributed by atoms with Crippen molar-refractivity contribution < 1.29 is 14.3 Å². The van der Waals surface area contributed by atoms with Gasteiger partial charge in [0.05, 0.1) is 5.57 Å². The molecule has 0 bridgehead atoms. The zero-order valence-electron chi connectivity index (χ0n) is 11.4. The first-order valence-corrected chi connectivity index (χ1v) is 6.49. The molecule has 3 heteroatoms. The van der Waals surface area contributed by atoms with Gasteiger partial charge in [-0.15, -0.1) is 0 Å². The lowest BCUT2D eigenvalue weighted by Gasteiger charge is -2.03. The third-order valence-electron chi connectivity index (χ3n) is 3.09.